The Kier molecular flexibility index (Phi) is 11.2. The summed E-state index contributed by atoms with van der Waals surface area (Å²) in [4.78, 5) is 24.8. The normalized spacial score (nSPS) is 29.8. The van der Waals surface area contributed by atoms with Crippen molar-refractivity contribution in [3.8, 4) is 0 Å². The van der Waals surface area contributed by atoms with Crippen LogP contribution in [-0.4, -0.2) is 57.8 Å². The lowest BCUT2D eigenvalue weighted by Crippen LogP contribution is -2.44. The molecule has 0 aromatic rings. The van der Waals surface area contributed by atoms with Crippen LogP contribution < -0.4 is 0 Å². The summed E-state index contributed by atoms with van der Waals surface area (Å²) in [7, 11) is 0. The van der Waals surface area contributed by atoms with Crippen LogP contribution in [0.1, 0.15) is 66.2 Å². The Morgan fingerprint density at radius 2 is 1.90 bits per heavy atom. The van der Waals surface area contributed by atoms with Gasteiger partial charge in [0.1, 0.15) is 12.2 Å². The number of aliphatic hydroxyl groups excluding tert-OH is 3. The zero-order valence-corrected chi connectivity index (χ0v) is 17.9. The third kappa shape index (κ3) is 8.68. The van der Waals surface area contributed by atoms with Gasteiger partial charge < -0.3 is 24.8 Å². The number of carbonyl (C=O) groups excluding carboxylic acids is 2. The molecule has 0 aliphatic carbocycles. The van der Waals surface area contributed by atoms with Gasteiger partial charge in [-0.2, -0.15) is 0 Å². The Bertz CT molecular complexity index is 584. The predicted molar refractivity (Wildman–Crippen MR) is 109 cm³/mol. The van der Waals surface area contributed by atoms with Gasteiger partial charge in [-0.05, 0) is 25.7 Å². The Labute approximate surface area is 173 Å². The van der Waals surface area contributed by atoms with Crippen LogP contribution in [0.25, 0.3) is 0 Å². The van der Waals surface area contributed by atoms with Crippen molar-refractivity contribution in [2.24, 2.45) is 5.92 Å². The molecule has 166 valence electrons. The minimum atomic E-state index is -1.34. The molecule has 3 N–H and O–H groups in total. The van der Waals surface area contributed by atoms with Crippen molar-refractivity contribution in [2.75, 3.05) is 0 Å². The van der Waals surface area contributed by atoms with Crippen LogP contribution in [0, 0.1) is 5.92 Å². The van der Waals surface area contributed by atoms with Crippen LogP contribution in [0.3, 0.4) is 0 Å². The minimum absolute atomic E-state index is 0.200. The fraction of sp³-hybridized carbons (Fsp3) is 0.727. The number of hydrogen-bond donors (Lipinski definition) is 3. The summed E-state index contributed by atoms with van der Waals surface area (Å²) in [5.74, 6) is -1.10. The summed E-state index contributed by atoms with van der Waals surface area (Å²) < 4.78 is 11.0. The fourth-order valence-electron chi connectivity index (χ4n) is 3.05. The number of aliphatic hydroxyl groups is 3. The Balaban J connectivity index is 3.12. The molecule has 0 fully saturated rings. The number of esters is 2. The molecule has 1 rings (SSSR count). The molecule has 0 amide bonds. The molecular weight excluding hydrogens is 376 g/mol. The van der Waals surface area contributed by atoms with Gasteiger partial charge in [-0.1, -0.05) is 58.3 Å². The first-order valence-corrected chi connectivity index (χ1v) is 10.5. The summed E-state index contributed by atoms with van der Waals surface area (Å²) in [5, 5.41) is 30.4. The maximum Gasteiger partial charge on any atom is 0.333 e. The van der Waals surface area contributed by atoms with Crippen LogP contribution in [0.15, 0.2) is 23.8 Å². The standard InChI is InChI=1S/C22H36O7/c1-5-7-8-9-19-21(29-22(27)15(4)12-14(3)6-2)17(24)11-10-16(23)18(25)13-20(26)28-19/h10-12,14,16-19,21,23-25H,5-9,13H2,1-4H3/b11-10?,15-12+. The predicted octanol–water partition coefficient (Wildman–Crippen LogP) is 2.43. The highest BCUT2D eigenvalue weighted by molar-refractivity contribution is 5.88. The third-order valence-electron chi connectivity index (χ3n) is 5.10. The van der Waals surface area contributed by atoms with Crippen molar-refractivity contribution < 1.29 is 34.4 Å². The summed E-state index contributed by atoms with van der Waals surface area (Å²) in [5.41, 5.74) is 0.418. The van der Waals surface area contributed by atoms with E-state index in [4.69, 9.17) is 9.47 Å². The number of carbonyl (C=O) groups is 2. The summed E-state index contributed by atoms with van der Waals surface area (Å²) in [6.07, 6.45) is 1.84. The lowest BCUT2D eigenvalue weighted by Gasteiger charge is -2.31. The number of ether oxygens (including phenoxy) is 2. The molecular formula is C22H36O7. The topological polar surface area (TPSA) is 113 Å². The van der Waals surface area contributed by atoms with E-state index in [2.05, 4.69) is 0 Å². The van der Waals surface area contributed by atoms with Crippen molar-refractivity contribution in [3.63, 3.8) is 0 Å². The second-order valence-corrected chi connectivity index (χ2v) is 7.77. The van der Waals surface area contributed by atoms with Crippen LogP contribution in [0.4, 0.5) is 0 Å². The van der Waals surface area contributed by atoms with E-state index in [0.29, 0.717) is 12.0 Å². The van der Waals surface area contributed by atoms with E-state index >= 15 is 0 Å². The molecule has 0 aromatic carbocycles. The molecule has 6 atom stereocenters. The van der Waals surface area contributed by atoms with Gasteiger partial charge in [0.15, 0.2) is 6.10 Å². The van der Waals surface area contributed by atoms with Crippen LogP contribution in [0.5, 0.6) is 0 Å². The van der Waals surface area contributed by atoms with Gasteiger partial charge >= 0.3 is 11.9 Å². The molecule has 6 unspecified atom stereocenters. The molecule has 0 spiro atoms. The Hall–Kier alpha value is -1.70. The van der Waals surface area contributed by atoms with Crippen LogP contribution in [0.2, 0.25) is 0 Å². The van der Waals surface area contributed by atoms with E-state index < -0.39 is 42.5 Å². The van der Waals surface area contributed by atoms with Crippen molar-refractivity contribution >= 4 is 11.9 Å². The van der Waals surface area contributed by atoms with Gasteiger partial charge in [0.2, 0.25) is 0 Å². The average molecular weight is 413 g/mol. The first kappa shape index (κ1) is 25.3. The van der Waals surface area contributed by atoms with Crippen LogP contribution in [-0.2, 0) is 19.1 Å². The quantitative estimate of drug-likeness (QED) is 0.243. The molecule has 0 saturated heterocycles. The first-order valence-electron chi connectivity index (χ1n) is 10.5. The number of rotatable bonds is 8. The summed E-state index contributed by atoms with van der Waals surface area (Å²) in [6.45, 7) is 7.68. The van der Waals surface area contributed by atoms with Gasteiger partial charge in [0.05, 0.1) is 18.6 Å². The molecule has 1 heterocycles. The molecule has 1 aliphatic heterocycles. The second-order valence-electron chi connectivity index (χ2n) is 7.77. The third-order valence-corrected chi connectivity index (χ3v) is 5.10. The van der Waals surface area contributed by atoms with Crippen LogP contribution >= 0.6 is 0 Å². The van der Waals surface area contributed by atoms with Crippen molar-refractivity contribution in [2.45, 2.75) is 96.7 Å². The summed E-state index contributed by atoms with van der Waals surface area (Å²) in [6, 6.07) is 0. The van der Waals surface area contributed by atoms with E-state index in [9.17, 15) is 24.9 Å². The fourth-order valence-corrected chi connectivity index (χ4v) is 3.05. The molecule has 0 saturated carbocycles. The molecule has 0 radical (unpaired) electrons. The van der Waals surface area contributed by atoms with Gasteiger partial charge in [-0.25, -0.2) is 4.79 Å². The van der Waals surface area contributed by atoms with Crippen molar-refractivity contribution in [3.05, 3.63) is 23.8 Å². The zero-order chi connectivity index (χ0) is 22.0. The van der Waals surface area contributed by atoms with E-state index in [-0.39, 0.29) is 12.3 Å². The Morgan fingerprint density at radius 1 is 1.24 bits per heavy atom. The van der Waals surface area contributed by atoms with Gasteiger partial charge in [-0.15, -0.1) is 0 Å². The lowest BCUT2D eigenvalue weighted by molar-refractivity contribution is -0.175. The van der Waals surface area contributed by atoms with Crippen molar-refractivity contribution in [1.29, 1.82) is 0 Å². The molecule has 7 nitrogen and oxygen atoms in total. The largest absolute Gasteiger partial charge is 0.458 e. The molecule has 0 aromatic heterocycles. The van der Waals surface area contributed by atoms with Gasteiger partial charge in [-0.3, -0.25) is 4.79 Å². The first-order chi connectivity index (χ1) is 13.7. The number of unbranched alkanes of at least 4 members (excludes halogenated alkanes) is 2. The van der Waals surface area contributed by atoms with E-state index in [1.54, 1.807) is 6.92 Å². The maximum atomic E-state index is 12.6. The van der Waals surface area contributed by atoms with E-state index in [1.165, 1.54) is 12.2 Å². The smallest absolute Gasteiger partial charge is 0.333 e. The van der Waals surface area contributed by atoms with E-state index in [1.807, 2.05) is 26.8 Å². The highest BCUT2D eigenvalue weighted by atomic mass is 16.6. The monoisotopic (exact) mass is 412 g/mol. The SMILES string of the molecule is CCCCCC1OC(=O)CC(O)C(O)C=CC(O)C1OC(=O)/C(C)=C/C(C)CC. The molecule has 1 aliphatic rings. The molecule has 29 heavy (non-hydrogen) atoms. The zero-order valence-electron chi connectivity index (χ0n) is 17.9. The van der Waals surface area contributed by atoms with Gasteiger partial charge in [0, 0.05) is 5.57 Å². The highest BCUT2D eigenvalue weighted by Gasteiger charge is 2.35. The molecule has 0 bridgehead atoms. The van der Waals surface area contributed by atoms with E-state index in [0.717, 1.165) is 25.7 Å². The average Bonchev–Trinajstić information content (AvgIpc) is 2.68. The van der Waals surface area contributed by atoms with Crippen molar-refractivity contribution in [1.82, 2.24) is 0 Å². The maximum absolute atomic E-state index is 12.6. The number of allylic oxidation sites excluding steroid dienone is 1. The van der Waals surface area contributed by atoms with Gasteiger partial charge in [0.25, 0.3) is 0 Å². The summed E-state index contributed by atoms with van der Waals surface area (Å²) >= 11 is 0. The minimum Gasteiger partial charge on any atom is -0.458 e. The highest BCUT2D eigenvalue weighted by Crippen LogP contribution is 2.22. The molecule has 7 heteroatoms. The Morgan fingerprint density at radius 3 is 2.52 bits per heavy atom. The number of cyclic esters (lactones) is 1. The second kappa shape index (κ2) is 12.8. The number of hydrogen-bond acceptors (Lipinski definition) is 7. The lowest BCUT2D eigenvalue weighted by atomic mass is 9.98.